The lowest BCUT2D eigenvalue weighted by Crippen LogP contribution is -2.50. The molecule has 1 aliphatic carbocycles. The second kappa shape index (κ2) is 6.04. The summed E-state index contributed by atoms with van der Waals surface area (Å²) in [5.41, 5.74) is 6.08. The molecule has 5 rings (SSSR count). The summed E-state index contributed by atoms with van der Waals surface area (Å²) in [5, 5.41) is 12.9. The van der Waals surface area contributed by atoms with E-state index in [-0.39, 0.29) is 5.91 Å². The van der Waals surface area contributed by atoms with Crippen molar-refractivity contribution in [2.24, 2.45) is 0 Å². The third kappa shape index (κ3) is 2.93. The molecule has 27 heavy (non-hydrogen) atoms. The molecule has 7 heteroatoms. The quantitative estimate of drug-likeness (QED) is 0.716. The zero-order chi connectivity index (χ0) is 18.5. The maximum atomic E-state index is 12.9. The van der Waals surface area contributed by atoms with Crippen LogP contribution in [0.2, 0.25) is 0 Å². The molecule has 0 radical (unpaired) electrons. The number of benzene rings is 1. The molecule has 3 heterocycles. The van der Waals surface area contributed by atoms with Crippen molar-refractivity contribution in [3.63, 3.8) is 0 Å². The smallest absolute Gasteiger partial charge is 0.246 e. The Kier molecular flexibility index (Phi) is 3.63. The first kappa shape index (κ1) is 16.2. The van der Waals surface area contributed by atoms with Gasteiger partial charge in [0, 0.05) is 24.7 Å². The molecule has 2 aliphatic rings. The fourth-order valence-corrected chi connectivity index (χ4v) is 3.90. The van der Waals surface area contributed by atoms with Crippen molar-refractivity contribution < 1.29 is 4.79 Å². The Balaban J connectivity index is 1.45. The van der Waals surface area contributed by atoms with Crippen LogP contribution in [0.15, 0.2) is 30.6 Å². The SMILES string of the molecule is Cc1cc(C)cc(N2CCN(c3cc(C4CC4)nn4cnnc34)CC2=O)c1. The Bertz CT molecular complexity index is 1020. The molecule has 1 amide bonds. The van der Waals surface area contributed by atoms with E-state index in [0.29, 0.717) is 24.7 Å². The minimum absolute atomic E-state index is 0.105. The van der Waals surface area contributed by atoms with Crippen molar-refractivity contribution in [3.8, 4) is 0 Å². The van der Waals surface area contributed by atoms with Crippen LogP contribution >= 0.6 is 0 Å². The van der Waals surface area contributed by atoms with Crippen LogP contribution in [0.25, 0.3) is 5.65 Å². The van der Waals surface area contributed by atoms with E-state index in [4.69, 9.17) is 0 Å². The molecule has 1 saturated heterocycles. The number of fused-ring (bicyclic) bond motifs is 1. The largest absolute Gasteiger partial charge is 0.357 e. The fraction of sp³-hybridized carbons (Fsp3) is 0.400. The number of aromatic nitrogens is 4. The van der Waals surface area contributed by atoms with Crippen LogP contribution in [0, 0.1) is 13.8 Å². The molecule has 138 valence electrons. The Hall–Kier alpha value is -2.96. The average molecular weight is 362 g/mol. The van der Waals surface area contributed by atoms with Gasteiger partial charge < -0.3 is 9.80 Å². The molecule has 7 nitrogen and oxygen atoms in total. The highest BCUT2D eigenvalue weighted by Gasteiger charge is 2.30. The molecule has 0 N–H and O–H groups in total. The lowest BCUT2D eigenvalue weighted by atomic mass is 10.1. The summed E-state index contributed by atoms with van der Waals surface area (Å²) in [6.07, 6.45) is 4.00. The summed E-state index contributed by atoms with van der Waals surface area (Å²) in [4.78, 5) is 16.9. The van der Waals surface area contributed by atoms with Gasteiger partial charge in [0.25, 0.3) is 0 Å². The maximum absolute atomic E-state index is 12.9. The topological polar surface area (TPSA) is 66.6 Å². The Labute approximate surface area is 157 Å². The van der Waals surface area contributed by atoms with Crippen molar-refractivity contribution >= 4 is 22.9 Å². The summed E-state index contributed by atoms with van der Waals surface area (Å²) >= 11 is 0. The van der Waals surface area contributed by atoms with E-state index in [1.807, 2.05) is 4.90 Å². The number of rotatable bonds is 3. The van der Waals surface area contributed by atoms with Gasteiger partial charge in [-0.15, -0.1) is 10.2 Å². The van der Waals surface area contributed by atoms with Gasteiger partial charge in [-0.3, -0.25) is 4.79 Å². The zero-order valence-corrected chi connectivity index (χ0v) is 15.6. The second-order valence-electron chi connectivity index (χ2n) is 7.64. The van der Waals surface area contributed by atoms with Crippen molar-refractivity contribution in [1.29, 1.82) is 0 Å². The normalized spacial score (nSPS) is 17.8. The molecule has 0 atom stereocenters. The number of piperazine rings is 1. The van der Waals surface area contributed by atoms with Gasteiger partial charge in [-0.25, -0.2) is 0 Å². The van der Waals surface area contributed by atoms with Crippen LogP contribution in [0.1, 0.15) is 35.6 Å². The summed E-state index contributed by atoms with van der Waals surface area (Å²) in [7, 11) is 0. The first-order chi connectivity index (χ1) is 13.1. The van der Waals surface area contributed by atoms with Gasteiger partial charge >= 0.3 is 0 Å². The van der Waals surface area contributed by atoms with Gasteiger partial charge in [0.2, 0.25) is 11.6 Å². The highest BCUT2D eigenvalue weighted by atomic mass is 16.2. The van der Waals surface area contributed by atoms with Gasteiger partial charge in [-0.1, -0.05) is 6.07 Å². The molecule has 0 bridgehead atoms. The van der Waals surface area contributed by atoms with E-state index < -0.39 is 0 Å². The molecule has 2 fully saturated rings. The number of carbonyl (C=O) groups is 1. The van der Waals surface area contributed by atoms with Crippen LogP contribution in [-0.4, -0.2) is 45.4 Å². The van der Waals surface area contributed by atoms with E-state index in [9.17, 15) is 4.79 Å². The summed E-state index contributed by atoms with van der Waals surface area (Å²) in [6, 6.07) is 8.38. The monoisotopic (exact) mass is 362 g/mol. The number of anilines is 2. The van der Waals surface area contributed by atoms with Crippen LogP contribution in [0.4, 0.5) is 11.4 Å². The van der Waals surface area contributed by atoms with Crippen molar-refractivity contribution in [2.45, 2.75) is 32.6 Å². The highest BCUT2D eigenvalue weighted by Crippen LogP contribution is 2.40. The maximum Gasteiger partial charge on any atom is 0.246 e. The zero-order valence-electron chi connectivity index (χ0n) is 15.6. The molecule has 1 aromatic carbocycles. The minimum atomic E-state index is 0.105. The summed E-state index contributed by atoms with van der Waals surface area (Å²) < 4.78 is 1.74. The average Bonchev–Trinajstić information content (AvgIpc) is 3.37. The number of hydrogen-bond acceptors (Lipinski definition) is 5. The lowest BCUT2D eigenvalue weighted by Gasteiger charge is -2.36. The predicted molar refractivity (Wildman–Crippen MR) is 103 cm³/mol. The van der Waals surface area contributed by atoms with Crippen LogP contribution in [0.3, 0.4) is 0 Å². The number of amides is 1. The number of aryl methyl sites for hydroxylation is 2. The van der Waals surface area contributed by atoms with Crippen LogP contribution in [0.5, 0.6) is 0 Å². The molecule has 0 unspecified atom stereocenters. The molecular weight excluding hydrogens is 340 g/mol. The number of carbonyl (C=O) groups excluding carboxylic acids is 1. The van der Waals surface area contributed by atoms with Crippen LogP contribution in [-0.2, 0) is 4.79 Å². The van der Waals surface area contributed by atoms with E-state index in [0.717, 1.165) is 23.6 Å². The summed E-state index contributed by atoms with van der Waals surface area (Å²) in [6.45, 7) is 5.88. The summed E-state index contributed by atoms with van der Waals surface area (Å²) in [5.74, 6) is 0.636. The lowest BCUT2D eigenvalue weighted by molar-refractivity contribution is -0.117. The van der Waals surface area contributed by atoms with Crippen molar-refractivity contribution in [3.05, 3.63) is 47.4 Å². The van der Waals surface area contributed by atoms with E-state index in [1.165, 1.54) is 24.0 Å². The van der Waals surface area contributed by atoms with Gasteiger partial charge in [-0.2, -0.15) is 9.61 Å². The van der Waals surface area contributed by atoms with Crippen molar-refractivity contribution in [1.82, 2.24) is 19.8 Å². The van der Waals surface area contributed by atoms with Gasteiger partial charge in [0.05, 0.1) is 17.9 Å². The molecule has 3 aromatic rings. The molecular formula is C20H22N6O. The molecule has 2 aromatic heterocycles. The van der Waals surface area contributed by atoms with Gasteiger partial charge in [0.1, 0.15) is 6.33 Å². The standard InChI is InChI=1S/C20H22N6O/c1-13-7-14(2)9-16(8-13)25-6-5-24(11-19(25)27)18-10-17(15-3-4-15)23-26-12-21-22-20(18)26/h7-10,12,15H,3-6,11H2,1-2H3. The fourth-order valence-electron chi connectivity index (χ4n) is 3.90. The Morgan fingerprint density at radius 1 is 1.04 bits per heavy atom. The first-order valence-corrected chi connectivity index (χ1v) is 9.43. The second-order valence-corrected chi connectivity index (χ2v) is 7.64. The third-order valence-corrected chi connectivity index (χ3v) is 5.34. The predicted octanol–water partition coefficient (Wildman–Crippen LogP) is 2.47. The van der Waals surface area contributed by atoms with E-state index in [2.05, 4.69) is 58.3 Å². The Morgan fingerprint density at radius 2 is 1.81 bits per heavy atom. The van der Waals surface area contributed by atoms with Gasteiger partial charge in [-0.05, 0) is 56.0 Å². The number of hydrogen-bond donors (Lipinski definition) is 0. The van der Waals surface area contributed by atoms with E-state index >= 15 is 0 Å². The van der Waals surface area contributed by atoms with E-state index in [1.54, 1.807) is 10.8 Å². The molecule has 1 aliphatic heterocycles. The number of nitrogens with zero attached hydrogens (tertiary/aromatic N) is 6. The van der Waals surface area contributed by atoms with Gasteiger partial charge in [0.15, 0.2) is 0 Å². The highest BCUT2D eigenvalue weighted by molar-refractivity contribution is 5.98. The minimum Gasteiger partial charge on any atom is -0.357 e. The third-order valence-electron chi connectivity index (χ3n) is 5.34. The molecule has 0 spiro atoms. The first-order valence-electron chi connectivity index (χ1n) is 9.43. The van der Waals surface area contributed by atoms with Crippen molar-refractivity contribution in [2.75, 3.05) is 29.4 Å². The molecule has 1 saturated carbocycles. The Morgan fingerprint density at radius 3 is 2.52 bits per heavy atom. The van der Waals surface area contributed by atoms with Crippen LogP contribution < -0.4 is 9.80 Å².